The molecule has 0 aromatic heterocycles. The van der Waals surface area contributed by atoms with Gasteiger partial charge in [0.25, 0.3) is 0 Å². The number of ether oxygens (including phenoxy) is 2. The molecule has 1 N–H and O–H groups in total. The predicted octanol–water partition coefficient (Wildman–Crippen LogP) is 6.72. The minimum atomic E-state index is 0.449. The lowest BCUT2D eigenvalue weighted by Gasteiger charge is -2.27. The summed E-state index contributed by atoms with van der Waals surface area (Å²) >= 11 is 18.7. The molecule has 3 aromatic carbocycles. The summed E-state index contributed by atoms with van der Waals surface area (Å²) in [4.78, 5) is 2.02. The molecule has 3 rings (SSSR count). The van der Waals surface area contributed by atoms with E-state index in [2.05, 4.69) is 5.32 Å². The molecule has 0 bridgehead atoms. The Balaban J connectivity index is 1.90. The molecule has 3 aromatic rings. The SMILES string of the molecule is COc1ccc(CN(Cc2c(Cl)cccc2Cl)C(=S)Nc2cc(C)ccc2OC)cc1. The van der Waals surface area contributed by atoms with E-state index in [1.807, 2.05) is 72.5 Å². The molecule has 0 radical (unpaired) electrons. The lowest BCUT2D eigenvalue weighted by Crippen LogP contribution is -2.34. The molecular formula is C24H24Cl2N2O2S. The van der Waals surface area contributed by atoms with Gasteiger partial charge < -0.3 is 19.7 Å². The highest BCUT2D eigenvalue weighted by Crippen LogP contribution is 2.29. The van der Waals surface area contributed by atoms with Crippen molar-refractivity contribution in [1.82, 2.24) is 4.90 Å². The molecule has 0 atom stereocenters. The van der Waals surface area contributed by atoms with Crippen LogP contribution in [0.2, 0.25) is 10.0 Å². The van der Waals surface area contributed by atoms with Crippen molar-refractivity contribution in [3.05, 3.63) is 87.4 Å². The van der Waals surface area contributed by atoms with E-state index in [4.69, 9.17) is 44.9 Å². The van der Waals surface area contributed by atoms with Crippen molar-refractivity contribution in [2.75, 3.05) is 19.5 Å². The number of rotatable bonds is 7. The number of hydrogen-bond donors (Lipinski definition) is 1. The number of benzene rings is 3. The molecular weight excluding hydrogens is 451 g/mol. The van der Waals surface area contributed by atoms with E-state index in [9.17, 15) is 0 Å². The van der Waals surface area contributed by atoms with Crippen LogP contribution >= 0.6 is 35.4 Å². The summed E-state index contributed by atoms with van der Waals surface area (Å²) in [6, 6.07) is 19.3. The summed E-state index contributed by atoms with van der Waals surface area (Å²) < 4.78 is 10.7. The van der Waals surface area contributed by atoms with Gasteiger partial charge in [0.1, 0.15) is 11.5 Å². The average molecular weight is 475 g/mol. The second-order valence-corrected chi connectivity index (χ2v) is 8.24. The van der Waals surface area contributed by atoms with Crippen molar-refractivity contribution in [3.8, 4) is 11.5 Å². The lowest BCUT2D eigenvalue weighted by atomic mass is 10.1. The first kappa shape index (κ1) is 23.2. The maximum absolute atomic E-state index is 6.44. The highest BCUT2D eigenvalue weighted by Gasteiger charge is 2.17. The number of nitrogens with one attached hydrogen (secondary N) is 1. The van der Waals surface area contributed by atoms with E-state index in [1.165, 1.54) is 0 Å². The molecule has 31 heavy (non-hydrogen) atoms. The molecule has 0 heterocycles. The summed E-state index contributed by atoms with van der Waals surface area (Å²) in [6.07, 6.45) is 0. The highest BCUT2D eigenvalue weighted by atomic mass is 35.5. The number of halogens is 2. The van der Waals surface area contributed by atoms with E-state index < -0.39 is 0 Å². The molecule has 162 valence electrons. The molecule has 0 amide bonds. The van der Waals surface area contributed by atoms with Crippen LogP contribution in [0.25, 0.3) is 0 Å². The number of methoxy groups -OCH3 is 2. The summed E-state index contributed by atoms with van der Waals surface area (Å²) in [5.74, 6) is 1.52. The first-order valence-corrected chi connectivity index (χ1v) is 10.8. The van der Waals surface area contributed by atoms with Gasteiger partial charge in [-0.1, -0.05) is 47.5 Å². The van der Waals surface area contributed by atoms with Crippen LogP contribution in [0.15, 0.2) is 60.7 Å². The zero-order valence-electron chi connectivity index (χ0n) is 17.6. The quantitative estimate of drug-likeness (QED) is 0.384. The Morgan fingerprint density at radius 1 is 0.935 bits per heavy atom. The van der Waals surface area contributed by atoms with Crippen molar-refractivity contribution in [1.29, 1.82) is 0 Å². The van der Waals surface area contributed by atoms with Crippen molar-refractivity contribution in [2.24, 2.45) is 0 Å². The van der Waals surface area contributed by atoms with Crippen LogP contribution in [0, 0.1) is 6.92 Å². The van der Waals surface area contributed by atoms with Gasteiger partial charge in [-0.15, -0.1) is 0 Å². The van der Waals surface area contributed by atoms with Crippen LogP contribution in [0.5, 0.6) is 11.5 Å². The molecule has 0 unspecified atom stereocenters. The van der Waals surface area contributed by atoms with Crippen LogP contribution in [-0.2, 0) is 13.1 Å². The second kappa shape index (κ2) is 10.7. The minimum absolute atomic E-state index is 0.449. The fourth-order valence-electron chi connectivity index (χ4n) is 3.14. The monoisotopic (exact) mass is 474 g/mol. The first-order valence-electron chi connectivity index (χ1n) is 9.67. The number of hydrogen-bond acceptors (Lipinski definition) is 3. The minimum Gasteiger partial charge on any atom is -0.497 e. The van der Waals surface area contributed by atoms with Gasteiger partial charge in [0.2, 0.25) is 0 Å². The molecule has 0 saturated carbocycles. The third kappa shape index (κ3) is 6.03. The fourth-order valence-corrected chi connectivity index (χ4v) is 3.89. The fraction of sp³-hybridized carbons (Fsp3) is 0.208. The van der Waals surface area contributed by atoms with Crippen molar-refractivity contribution in [2.45, 2.75) is 20.0 Å². The maximum Gasteiger partial charge on any atom is 0.174 e. The number of aryl methyl sites for hydroxylation is 1. The highest BCUT2D eigenvalue weighted by molar-refractivity contribution is 7.80. The summed E-state index contributed by atoms with van der Waals surface area (Å²) in [6.45, 7) is 3.03. The van der Waals surface area contributed by atoms with Gasteiger partial charge in [0.05, 0.1) is 19.9 Å². The molecule has 0 aliphatic carbocycles. The van der Waals surface area contributed by atoms with Crippen molar-refractivity contribution >= 4 is 46.2 Å². The molecule has 4 nitrogen and oxygen atoms in total. The topological polar surface area (TPSA) is 33.7 Å². The Kier molecular flexibility index (Phi) is 8.02. The summed E-state index contributed by atoms with van der Waals surface area (Å²) in [5, 5.41) is 5.06. The Morgan fingerprint density at radius 2 is 1.61 bits per heavy atom. The van der Waals surface area contributed by atoms with Crippen LogP contribution in [0.3, 0.4) is 0 Å². The van der Waals surface area contributed by atoms with Gasteiger partial charge in [0.15, 0.2) is 5.11 Å². The third-order valence-corrected chi connectivity index (χ3v) is 5.90. The molecule has 7 heteroatoms. The smallest absolute Gasteiger partial charge is 0.174 e. The summed E-state index contributed by atoms with van der Waals surface area (Å²) in [5.41, 5.74) is 3.79. The summed E-state index contributed by atoms with van der Waals surface area (Å²) in [7, 11) is 3.28. The number of thiocarbonyl (C=S) groups is 1. The standard InChI is InChI=1S/C24H24Cl2N2O2S/c1-16-7-12-23(30-3)22(13-16)27-24(31)28(14-17-8-10-18(29-2)11-9-17)15-19-20(25)5-4-6-21(19)26/h4-13H,14-15H2,1-3H3,(H,27,31). The van der Waals surface area contributed by atoms with Gasteiger partial charge in [-0.05, 0) is 66.7 Å². The normalized spacial score (nSPS) is 10.5. The average Bonchev–Trinajstić information content (AvgIpc) is 2.76. The largest absolute Gasteiger partial charge is 0.497 e. The first-order chi connectivity index (χ1) is 14.9. The third-order valence-electron chi connectivity index (χ3n) is 4.83. The van der Waals surface area contributed by atoms with E-state index in [-0.39, 0.29) is 0 Å². The Hall–Kier alpha value is -2.47. The lowest BCUT2D eigenvalue weighted by molar-refractivity contribution is 0.405. The Labute approximate surface area is 198 Å². The van der Waals surface area contributed by atoms with Gasteiger partial charge in [-0.2, -0.15) is 0 Å². The second-order valence-electron chi connectivity index (χ2n) is 7.04. The molecule has 0 aliphatic heterocycles. The predicted molar refractivity (Wildman–Crippen MR) is 133 cm³/mol. The van der Waals surface area contributed by atoms with E-state index in [0.717, 1.165) is 28.1 Å². The number of anilines is 1. The molecule has 0 saturated heterocycles. The van der Waals surface area contributed by atoms with Crippen LogP contribution in [0.4, 0.5) is 5.69 Å². The van der Waals surface area contributed by atoms with Gasteiger partial charge >= 0.3 is 0 Å². The van der Waals surface area contributed by atoms with E-state index >= 15 is 0 Å². The Bertz CT molecular complexity index is 1040. The number of nitrogens with zero attached hydrogens (tertiary/aromatic N) is 1. The maximum atomic E-state index is 6.44. The molecule has 0 fully saturated rings. The van der Waals surface area contributed by atoms with Crippen LogP contribution in [-0.4, -0.2) is 24.2 Å². The van der Waals surface area contributed by atoms with E-state index in [0.29, 0.717) is 34.0 Å². The van der Waals surface area contributed by atoms with Gasteiger partial charge in [-0.25, -0.2) is 0 Å². The molecule has 0 aliphatic rings. The van der Waals surface area contributed by atoms with Crippen molar-refractivity contribution < 1.29 is 9.47 Å². The van der Waals surface area contributed by atoms with Gasteiger partial charge in [0, 0.05) is 28.7 Å². The van der Waals surface area contributed by atoms with Crippen LogP contribution < -0.4 is 14.8 Å². The van der Waals surface area contributed by atoms with Crippen LogP contribution in [0.1, 0.15) is 16.7 Å². The Morgan fingerprint density at radius 3 is 2.23 bits per heavy atom. The zero-order valence-corrected chi connectivity index (χ0v) is 19.9. The molecule has 0 spiro atoms. The van der Waals surface area contributed by atoms with Crippen molar-refractivity contribution in [3.63, 3.8) is 0 Å². The van der Waals surface area contributed by atoms with Gasteiger partial charge in [-0.3, -0.25) is 0 Å². The zero-order chi connectivity index (χ0) is 22.4. The van der Waals surface area contributed by atoms with E-state index in [1.54, 1.807) is 14.2 Å².